The number of halogens is 1. The van der Waals surface area contributed by atoms with E-state index >= 15 is 0 Å². The summed E-state index contributed by atoms with van der Waals surface area (Å²) in [5.74, 6) is 0.718. The molecule has 106 valence electrons. The Balaban J connectivity index is 2.28. The van der Waals surface area contributed by atoms with Crippen LogP contribution in [-0.2, 0) is 0 Å². The molecule has 0 radical (unpaired) electrons. The molecule has 2 amide bonds. The van der Waals surface area contributed by atoms with E-state index < -0.39 is 0 Å². The fourth-order valence-corrected chi connectivity index (χ4v) is 1.95. The topological polar surface area (TPSA) is 41.1 Å². The predicted molar refractivity (Wildman–Crippen MR) is 81.8 cm³/mol. The first kappa shape index (κ1) is 15.8. The molecule has 2 N–H and O–H groups in total. The third-order valence-corrected chi connectivity index (χ3v) is 3.15. The molecule has 3 nitrogen and oxygen atoms in total. The van der Waals surface area contributed by atoms with Crippen molar-refractivity contribution in [2.45, 2.75) is 46.1 Å². The molecular formula is C15H23ClN2O. The SMILES string of the molecule is CC(C)CCCC(C)NC(=O)Nc1ccc(Cl)cc1. The highest BCUT2D eigenvalue weighted by Crippen LogP contribution is 2.13. The second-order valence-corrected chi connectivity index (χ2v) is 5.77. The third kappa shape index (κ3) is 7.06. The molecule has 1 unspecified atom stereocenters. The summed E-state index contributed by atoms with van der Waals surface area (Å²) in [7, 11) is 0. The zero-order chi connectivity index (χ0) is 14.3. The lowest BCUT2D eigenvalue weighted by atomic mass is 10.0. The van der Waals surface area contributed by atoms with Gasteiger partial charge in [0.2, 0.25) is 0 Å². The van der Waals surface area contributed by atoms with E-state index in [0.717, 1.165) is 24.4 Å². The second-order valence-electron chi connectivity index (χ2n) is 5.33. The van der Waals surface area contributed by atoms with E-state index in [1.807, 2.05) is 6.92 Å². The Hall–Kier alpha value is -1.22. The fourth-order valence-electron chi connectivity index (χ4n) is 1.83. The summed E-state index contributed by atoms with van der Waals surface area (Å²) >= 11 is 5.79. The predicted octanol–water partition coefficient (Wildman–Crippen LogP) is 4.68. The van der Waals surface area contributed by atoms with Gasteiger partial charge < -0.3 is 10.6 Å². The summed E-state index contributed by atoms with van der Waals surface area (Å²) < 4.78 is 0. The highest BCUT2D eigenvalue weighted by atomic mass is 35.5. The van der Waals surface area contributed by atoms with Crippen molar-refractivity contribution in [3.8, 4) is 0 Å². The van der Waals surface area contributed by atoms with E-state index in [0.29, 0.717) is 5.02 Å². The average molecular weight is 283 g/mol. The molecule has 0 fully saturated rings. The van der Waals surface area contributed by atoms with E-state index in [9.17, 15) is 4.79 Å². The molecule has 0 saturated carbocycles. The van der Waals surface area contributed by atoms with Crippen molar-refractivity contribution in [2.24, 2.45) is 5.92 Å². The van der Waals surface area contributed by atoms with Crippen LogP contribution >= 0.6 is 11.6 Å². The number of anilines is 1. The highest BCUT2D eigenvalue weighted by Gasteiger charge is 2.07. The smallest absolute Gasteiger partial charge is 0.319 e. The van der Waals surface area contributed by atoms with Gasteiger partial charge in [-0.15, -0.1) is 0 Å². The zero-order valence-electron chi connectivity index (χ0n) is 11.9. The van der Waals surface area contributed by atoms with E-state index in [1.165, 1.54) is 6.42 Å². The van der Waals surface area contributed by atoms with Crippen molar-refractivity contribution in [3.63, 3.8) is 0 Å². The summed E-state index contributed by atoms with van der Waals surface area (Å²) in [4.78, 5) is 11.7. The van der Waals surface area contributed by atoms with Crippen LogP contribution in [0, 0.1) is 5.92 Å². The lowest BCUT2D eigenvalue weighted by Gasteiger charge is -2.15. The molecule has 0 bridgehead atoms. The molecule has 4 heteroatoms. The maximum atomic E-state index is 11.7. The second kappa shape index (κ2) is 8.05. The molecule has 0 saturated heterocycles. The van der Waals surface area contributed by atoms with Crippen LogP contribution in [0.5, 0.6) is 0 Å². The maximum Gasteiger partial charge on any atom is 0.319 e. The van der Waals surface area contributed by atoms with Gasteiger partial charge in [-0.2, -0.15) is 0 Å². The minimum absolute atomic E-state index is 0.167. The number of hydrogen-bond acceptors (Lipinski definition) is 1. The van der Waals surface area contributed by atoms with E-state index in [2.05, 4.69) is 24.5 Å². The van der Waals surface area contributed by atoms with Gasteiger partial charge in [0.05, 0.1) is 0 Å². The molecule has 0 aliphatic rings. The number of urea groups is 1. The van der Waals surface area contributed by atoms with Crippen molar-refractivity contribution in [1.29, 1.82) is 0 Å². The molecule has 0 aliphatic carbocycles. The van der Waals surface area contributed by atoms with Gasteiger partial charge >= 0.3 is 6.03 Å². The Labute approximate surface area is 120 Å². The molecule has 1 atom stereocenters. The van der Waals surface area contributed by atoms with Gasteiger partial charge in [-0.05, 0) is 43.5 Å². The van der Waals surface area contributed by atoms with Gasteiger partial charge in [0, 0.05) is 16.8 Å². The Bertz CT molecular complexity index is 390. The average Bonchev–Trinajstić information content (AvgIpc) is 2.31. The number of amides is 2. The standard InChI is InChI=1S/C15H23ClN2O/c1-11(2)5-4-6-12(3)17-15(19)18-14-9-7-13(16)8-10-14/h7-12H,4-6H2,1-3H3,(H2,17,18,19). The minimum Gasteiger partial charge on any atom is -0.335 e. The van der Waals surface area contributed by atoms with Gasteiger partial charge in [-0.25, -0.2) is 4.79 Å². The Morgan fingerprint density at radius 1 is 1.16 bits per heavy atom. The zero-order valence-corrected chi connectivity index (χ0v) is 12.6. The van der Waals surface area contributed by atoms with Crippen molar-refractivity contribution in [1.82, 2.24) is 5.32 Å². The molecule has 0 aromatic heterocycles. The Morgan fingerprint density at radius 3 is 2.37 bits per heavy atom. The molecular weight excluding hydrogens is 260 g/mol. The number of carbonyl (C=O) groups is 1. The molecule has 0 heterocycles. The van der Waals surface area contributed by atoms with Crippen LogP contribution in [0.15, 0.2) is 24.3 Å². The van der Waals surface area contributed by atoms with E-state index in [1.54, 1.807) is 24.3 Å². The lowest BCUT2D eigenvalue weighted by molar-refractivity contribution is 0.248. The van der Waals surface area contributed by atoms with Crippen LogP contribution in [0.2, 0.25) is 5.02 Å². The van der Waals surface area contributed by atoms with E-state index in [-0.39, 0.29) is 12.1 Å². The summed E-state index contributed by atoms with van der Waals surface area (Å²) in [6.45, 7) is 6.46. The molecule has 1 aromatic carbocycles. The van der Waals surface area contributed by atoms with Crippen molar-refractivity contribution < 1.29 is 4.79 Å². The van der Waals surface area contributed by atoms with Crippen molar-refractivity contribution >= 4 is 23.3 Å². The summed E-state index contributed by atoms with van der Waals surface area (Å²) in [6.07, 6.45) is 3.34. The number of rotatable bonds is 6. The van der Waals surface area contributed by atoms with Crippen molar-refractivity contribution in [2.75, 3.05) is 5.32 Å². The summed E-state index contributed by atoms with van der Waals surface area (Å²) in [5, 5.41) is 6.38. The number of benzene rings is 1. The van der Waals surface area contributed by atoms with Crippen LogP contribution in [0.3, 0.4) is 0 Å². The van der Waals surface area contributed by atoms with Crippen LogP contribution in [0.1, 0.15) is 40.0 Å². The first-order valence-corrected chi connectivity index (χ1v) is 7.18. The minimum atomic E-state index is -0.167. The highest BCUT2D eigenvalue weighted by molar-refractivity contribution is 6.30. The maximum absolute atomic E-state index is 11.7. The Morgan fingerprint density at radius 2 is 1.79 bits per heavy atom. The summed E-state index contributed by atoms with van der Waals surface area (Å²) in [6, 6.07) is 7.09. The molecule has 1 aromatic rings. The van der Waals surface area contributed by atoms with Crippen LogP contribution in [0.4, 0.5) is 10.5 Å². The van der Waals surface area contributed by atoms with Gasteiger partial charge in [0.1, 0.15) is 0 Å². The van der Waals surface area contributed by atoms with Crippen LogP contribution in [-0.4, -0.2) is 12.1 Å². The van der Waals surface area contributed by atoms with E-state index in [4.69, 9.17) is 11.6 Å². The quantitative estimate of drug-likeness (QED) is 0.782. The molecule has 19 heavy (non-hydrogen) atoms. The normalized spacial score (nSPS) is 12.3. The third-order valence-electron chi connectivity index (χ3n) is 2.90. The first-order valence-electron chi connectivity index (χ1n) is 6.80. The van der Waals surface area contributed by atoms with Crippen molar-refractivity contribution in [3.05, 3.63) is 29.3 Å². The molecule has 0 spiro atoms. The number of nitrogens with one attached hydrogen (secondary N) is 2. The van der Waals surface area contributed by atoms with Gasteiger partial charge in [0.15, 0.2) is 0 Å². The summed E-state index contributed by atoms with van der Waals surface area (Å²) in [5.41, 5.74) is 0.747. The van der Waals surface area contributed by atoms with Gasteiger partial charge in [-0.3, -0.25) is 0 Å². The number of hydrogen-bond donors (Lipinski definition) is 2. The van der Waals surface area contributed by atoms with Gasteiger partial charge in [-0.1, -0.05) is 38.3 Å². The number of carbonyl (C=O) groups excluding carboxylic acids is 1. The van der Waals surface area contributed by atoms with Crippen LogP contribution < -0.4 is 10.6 Å². The Kier molecular flexibility index (Phi) is 6.71. The lowest BCUT2D eigenvalue weighted by Crippen LogP contribution is -2.36. The molecule has 0 aliphatic heterocycles. The fraction of sp³-hybridized carbons (Fsp3) is 0.533. The first-order chi connectivity index (χ1) is 8.97. The molecule has 1 rings (SSSR count). The van der Waals surface area contributed by atoms with Crippen LogP contribution in [0.25, 0.3) is 0 Å². The monoisotopic (exact) mass is 282 g/mol. The largest absolute Gasteiger partial charge is 0.335 e. The van der Waals surface area contributed by atoms with Gasteiger partial charge in [0.25, 0.3) is 0 Å².